The van der Waals surface area contributed by atoms with Crippen molar-refractivity contribution in [2.24, 2.45) is 5.41 Å². The predicted octanol–water partition coefficient (Wildman–Crippen LogP) is 2.42. The van der Waals surface area contributed by atoms with E-state index in [2.05, 4.69) is 17.0 Å². The summed E-state index contributed by atoms with van der Waals surface area (Å²) < 4.78 is 5.14. The van der Waals surface area contributed by atoms with Crippen molar-refractivity contribution in [3.05, 3.63) is 29.8 Å². The molecule has 4 nitrogen and oxygen atoms in total. The molecule has 0 aromatic heterocycles. The first-order chi connectivity index (χ1) is 9.53. The van der Waals surface area contributed by atoms with Crippen molar-refractivity contribution in [1.82, 2.24) is 4.90 Å². The first-order valence-electron chi connectivity index (χ1n) is 7.12. The van der Waals surface area contributed by atoms with E-state index in [0.717, 1.165) is 38.1 Å². The molecule has 1 aliphatic rings. The van der Waals surface area contributed by atoms with E-state index in [4.69, 9.17) is 4.74 Å². The summed E-state index contributed by atoms with van der Waals surface area (Å²) in [5.74, 6) is 0.192. The summed E-state index contributed by atoms with van der Waals surface area (Å²) in [4.78, 5) is 13.6. The number of nitrogens with zero attached hydrogens (tertiary/aromatic N) is 1. The molecule has 1 aromatic rings. The van der Waals surface area contributed by atoms with Crippen molar-refractivity contribution in [2.75, 3.05) is 26.7 Å². The van der Waals surface area contributed by atoms with E-state index in [9.17, 15) is 9.90 Å². The monoisotopic (exact) mass is 277 g/mol. The van der Waals surface area contributed by atoms with E-state index in [-0.39, 0.29) is 0 Å². The van der Waals surface area contributed by atoms with Gasteiger partial charge >= 0.3 is 5.97 Å². The molecule has 20 heavy (non-hydrogen) atoms. The molecular weight excluding hydrogens is 254 g/mol. The molecule has 0 saturated carbocycles. The zero-order valence-corrected chi connectivity index (χ0v) is 12.3. The van der Waals surface area contributed by atoms with Gasteiger partial charge in [-0.05, 0) is 50.4 Å². The quantitative estimate of drug-likeness (QED) is 0.898. The van der Waals surface area contributed by atoms with Crippen LogP contribution in [0.4, 0.5) is 0 Å². The standard InChI is InChI=1S/C16H23NO3/c1-16(15(18)19)9-3-10-17(12-16)11-8-13-4-6-14(20-2)7-5-13/h4-7H,3,8-12H2,1-2H3,(H,18,19). The van der Waals surface area contributed by atoms with Crippen LogP contribution in [-0.2, 0) is 11.2 Å². The molecule has 1 aliphatic heterocycles. The first kappa shape index (κ1) is 14.9. The van der Waals surface area contributed by atoms with Crippen molar-refractivity contribution in [3.63, 3.8) is 0 Å². The Morgan fingerprint density at radius 1 is 1.40 bits per heavy atom. The Bertz CT molecular complexity index is 457. The van der Waals surface area contributed by atoms with Crippen LogP contribution in [0.25, 0.3) is 0 Å². The molecule has 1 atom stereocenters. The highest BCUT2D eigenvalue weighted by atomic mass is 16.5. The van der Waals surface area contributed by atoms with Crippen molar-refractivity contribution >= 4 is 5.97 Å². The molecule has 0 radical (unpaired) electrons. The smallest absolute Gasteiger partial charge is 0.310 e. The molecule has 1 aromatic carbocycles. The lowest BCUT2D eigenvalue weighted by atomic mass is 9.82. The number of carbonyl (C=O) groups is 1. The lowest BCUT2D eigenvalue weighted by molar-refractivity contribution is -0.151. The Labute approximate surface area is 120 Å². The largest absolute Gasteiger partial charge is 0.497 e. The van der Waals surface area contributed by atoms with Gasteiger partial charge in [-0.25, -0.2) is 0 Å². The Kier molecular flexibility index (Phi) is 4.65. The molecule has 1 N–H and O–H groups in total. The fourth-order valence-electron chi connectivity index (χ4n) is 2.79. The van der Waals surface area contributed by atoms with Crippen LogP contribution in [0.2, 0.25) is 0 Å². The predicted molar refractivity (Wildman–Crippen MR) is 78.1 cm³/mol. The SMILES string of the molecule is COc1ccc(CCN2CCCC(C)(C(=O)O)C2)cc1. The number of benzene rings is 1. The number of methoxy groups -OCH3 is 1. The number of hydrogen-bond acceptors (Lipinski definition) is 3. The average Bonchev–Trinajstić information content (AvgIpc) is 2.46. The highest BCUT2D eigenvalue weighted by Gasteiger charge is 2.37. The van der Waals surface area contributed by atoms with Gasteiger partial charge in [-0.15, -0.1) is 0 Å². The van der Waals surface area contributed by atoms with Crippen LogP contribution in [-0.4, -0.2) is 42.7 Å². The molecular formula is C16H23NO3. The second kappa shape index (κ2) is 6.27. The van der Waals surface area contributed by atoms with Gasteiger partial charge in [-0.1, -0.05) is 12.1 Å². The summed E-state index contributed by atoms with van der Waals surface area (Å²) in [6.45, 7) is 4.42. The molecule has 0 spiro atoms. The number of rotatable bonds is 5. The summed E-state index contributed by atoms with van der Waals surface area (Å²) in [6, 6.07) is 8.07. The molecule has 1 fully saturated rings. The number of hydrogen-bond donors (Lipinski definition) is 1. The molecule has 0 bridgehead atoms. The lowest BCUT2D eigenvalue weighted by Gasteiger charge is -2.37. The highest BCUT2D eigenvalue weighted by Crippen LogP contribution is 2.29. The van der Waals surface area contributed by atoms with Gasteiger partial charge in [0.1, 0.15) is 5.75 Å². The maximum atomic E-state index is 11.3. The molecule has 1 saturated heterocycles. The van der Waals surface area contributed by atoms with Gasteiger partial charge in [0.25, 0.3) is 0 Å². The highest BCUT2D eigenvalue weighted by molar-refractivity contribution is 5.74. The Morgan fingerprint density at radius 2 is 2.10 bits per heavy atom. The van der Waals surface area contributed by atoms with E-state index in [1.54, 1.807) is 7.11 Å². The number of likely N-dealkylation sites (tertiary alicyclic amines) is 1. The fraction of sp³-hybridized carbons (Fsp3) is 0.562. The zero-order chi connectivity index (χ0) is 14.6. The number of carboxylic acids is 1. The van der Waals surface area contributed by atoms with Gasteiger partial charge in [0.05, 0.1) is 12.5 Å². The number of ether oxygens (including phenoxy) is 1. The Hall–Kier alpha value is -1.55. The van der Waals surface area contributed by atoms with Gasteiger partial charge in [0.15, 0.2) is 0 Å². The van der Waals surface area contributed by atoms with Gasteiger partial charge in [0, 0.05) is 13.1 Å². The maximum absolute atomic E-state index is 11.3. The van der Waals surface area contributed by atoms with Crippen LogP contribution in [0.15, 0.2) is 24.3 Å². The summed E-state index contributed by atoms with van der Waals surface area (Å²) in [6.07, 6.45) is 2.69. The van der Waals surface area contributed by atoms with Crippen LogP contribution < -0.4 is 4.74 Å². The summed E-state index contributed by atoms with van der Waals surface area (Å²) in [5.41, 5.74) is 0.673. The minimum atomic E-state index is -0.674. The molecule has 4 heteroatoms. The Morgan fingerprint density at radius 3 is 2.70 bits per heavy atom. The minimum Gasteiger partial charge on any atom is -0.497 e. The van der Waals surface area contributed by atoms with Crippen LogP contribution in [0.3, 0.4) is 0 Å². The van der Waals surface area contributed by atoms with Crippen molar-refractivity contribution < 1.29 is 14.6 Å². The molecule has 1 unspecified atom stereocenters. The average molecular weight is 277 g/mol. The molecule has 0 amide bonds. The summed E-state index contributed by atoms with van der Waals surface area (Å²) in [5, 5.41) is 9.32. The number of piperidine rings is 1. The lowest BCUT2D eigenvalue weighted by Crippen LogP contribution is -2.46. The van der Waals surface area contributed by atoms with E-state index in [1.165, 1.54) is 5.56 Å². The molecule has 1 heterocycles. The van der Waals surface area contributed by atoms with Gasteiger partial charge < -0.3 is 14.7 Å². The van der Waals surface area contributed by atoms with Crippen LogP contribution in [0.1, 0.15) is 25.3 Å². The maximum Gasteiger partial charge on any atom is 0.310 e. The van der Waals surface area contributed by atoms with E-state index >= 15 is 0 Å². The van der Waals surface area contributed by atoms with Crippen molar-refractivity contribution in [2.45, 2.75) is 26.2 Å². The third-order valence-electron chi connectivity index (χ3n) is 4.17. The van der Waals surface area contributed by atoms with Crippen LogP contribution >= 0.6 is 0 Å². The summed E-state index contributed by atoms with van der Waals surface area (Å²) in [7, 11) is 1.66. The third kappa shape index (κ3) is 3.51. The zero-order valence-electron chi connectivity index (χ0n) is 12.3. The van der Waals surface area contributed by atoms with Gasteiger partial charge in [-0.3, -0.25) is 4.79 Å². The molecule has 110 valence electrons. The van der Waals surface area contributed by atoms with Gasteiger partial charge in [-0.2, -0.15) is 0 Å². The minimum absolute atomic E-state index is 0.585. The van der Waals surface area contributed by atoms with Crippen molar-refractivity contribution in [1.29, 1.82) is 0 Å². The van der Waals surface area contributed by atoms with E-state index in [0.29, 0.717) is 6.54 Å². The van der Waals surface area contributed by atoms with E-state index in [1.807, 2.05) is 19.1 Å². The molecule has 2 rings (SSSR count). The van der Waals surface area contributed by atoms with Gasteiger partial charge in [0.2, 0.25) is 0 Å². The number of aliphatic carboxylic acids is 1. The van der Waals surface area contributed by atoms with Crippen LogP contribution in [0, 0.1) is 5.41 Å². The second-order valence-corrected chi connectivity index (χ2v) is 5.84. The van der Waals surface area contributed by atoms with E-state index < -0.39 is 11.4 Å². The first-order valence-corrected chi connectivity index (χ1v) is 7.12. The summed E-state index contributed by atoms with van der Waals surface area (Å²) >= 11 is 0. The number of carboxylic acid groups (broad SMARTS) is 1. The molecule has 0 aliphatic carbocycles. The Balaban J connectivity index is 1.88. The van der Waals surface area contributed by atoms with Crippen LogP contribution in [0.5, 0.6) is 5.75 Å². The topological polar surface area (TPSA) is 49.8 Å². The third-order valence-corrected chi connectivity index (χ3v) is 4.17. The normalized spacial score (nSPS) is 23.5. The van der Waals surface area contributed by atoms with Crippen molar-refractivity contribution in [3.8, 4) is 5.75 Å². The fourth-order valence-corrected chi connectivity index (χ4v) is 2.79. The second-order valence-electron chi connectivity index (χ2n) is 5.84.